The molecule has 0 bridgehead atoms. The van der Waals surface area contributed by atoms with Crippen molar-refractivity contribution in [3.63, 3.8) is 0 Å². The van der Waals surface area contributed by atoms with Crippen molar-refractivity contribution in [2.45, 2.75) is 32.2 Å². The van der Waals surface area contributed by atoms with Crippen LogP contribution in [0.15, 0.2) is 36.9 Å². The summed E-state index contributed by atoms with van der Waals surface area (Å²) in [4.78, 5) is 3.76. The summed E-state index contributed by atoms with van der Waals surface area (Å²) in [5.74, 6) is -0.390. The molecule has 0 amide bonds. The summed E-state index contributed by atoms with van der Waals surface area (Å²) in [6, 6.07) is 4.00. The Balaban J connectivity index is 2.49. The first-order valence-electron chi connectivity index (χ1n) is 7.24. The van der Waals surface area contributed by atoms with Crippen molar-refractivity contribution in [2.24, 2.45) is 5.41 Å². The average molecular weight is 376 g/mol. The Morgan fingerprint density at radius 2 is 1.76 bits per heavy atom. The second kappa shape index (κ2) is 6.85. The van der Waals surface area contributed by atoms with Crippen LogP contribution in [0.25, 0.3) is 0 Å². The molecule has 1 heterocycles. The van der Waals surface area contributed by atoms with Crippen LogP contribution in [-0.2, 0) is 29.4 Å². The van der Waals surface area contributed by atoms with E-state index in [0.29, 0.717) is 0 Å². The van der Waals surface area contributed by atoms with E-state index in [1.807, 2.05) is 0 Å². The highest BCUT2D eigenvalue weighted by molar-refractivity contribution is 7.79. The number of aromatic nitrogens is 3. The SMILES string of the molecule is CC(C)(CS(=O)[O-])C(O)(Cn1cncn1)c1ccc(C(F)(F)F)cc1. The maximum absolute atomic E-state index is 12.8. The van der Waals surface area contributed by atoms with Crippen molar-refractivity contribution >= 4 is 11.1 Å². The molecule has 25 heavy (non-hydrogen) atoms. The van der Waals surface area contributed by atoms with Crippen LogP contribution >= 0.6 is 0 Å². The lowest BCUT2D eigenvalue weighted by atomic mass is 9.71. The van der Waals surface area contributed by atoms with E-state index in [1.165, 1.54) is 31.2 Å². The Bertz CT molecular complexity index is 733. The third-order valence-electron chi connectivity index (χ3n) is 4.15. The molecule has 138 valence electrons. The molecule has 10 heteroatoms. The van der Waals surface area contributed by atoms with Gasteiger partial charge >= 0.3 is 6.18 Å². The molecule has 0 aliphatic carbocycles. The van der Waals surface area contributed by atoms with E-state index in [-0.39, 0.29) is 17.9 Å². The zero-order valence-corrected chi connectivity index (χ0v) is 14.3. The van der Waals surface area contributed by atoms with Gasteiger partial charge in [0.15, 0.2) is 0 Å². The molecule has 1 aromatic heterocycles. The maximum Gasteiger partial charge on any atom is 0.416 e. The molecule has 2 unspecified atom stereocenters. The summed E-state index contributed by atoms with van der Waals surface area (Å²) < 4.78 is 62.0. The molecule has 0 spiro atoms. The largest absolute Gasteiger partial charge is 0.772 e. The van der Waals surface area contributed by atoms with Crippen LogP contribution in [0.5, 0.6) is 0 Å². The van der Waals surface area contributed by atoms with Crippen LogP contribution in [-0.4, -0.2) is 34.4 Å². The minimum absolute atomic E-state index is 0.159. The first-order valence-corrected chi connectivity index (χ1v) is 8.48. The van der Waals surface area contributed by atoms with Crippen molar-refractivity contribution in [1.29, 1.82) is 0 Å². The molecule has 0 radical (unpaired) electrons. The van der Waals surface area contributed by atoms with E-state index in [9.17, 15) is 27.0 Å². The Morgan fingerprint density at radius 1 is 1.20 bits per heavy atom. The van der Waals surface area contributed by atoms with Gasteiger partial charge in [-0.05, 0) is 17.7 Å². The molecule has 6 nitrogen and oxygen atoms in total. The van der Waals surface area contributed by atoms with Gasteiger partial charge in [-0.15, -0.1) is 0 Å². The maximum atomic E-state index is 12.8. The molecule has 0 aliphatic rings. The third-order valence-corrected chi connectivity index (χ3v) is 5.10. The first kappa shape index (κ1) is 19.5. The fraction of sp³-hybridized carbons (Fsp3) is 0.467. The van der Waals surface area contributed by atoms with Gasteiger partial charge in [0.25, 0.3) is 0 Å². The number of benzene rings is 1. The Hall–Kier alpha value is -1.78. The van der Waals surface area contributed by atoms with Gasteiger partial charge in [-0.1, -0.05) is 37.1 Å². The predicted octanol–water partition coefficient (Wildman–Crippen LogP) is 2.09. The van der Waals surface area contributed by atoms with Crippen molar-refractivity contribution in [2.75, 3.05) is 5.75 Å². The molecule has 1 aromatic carbocycles. The predicted molar refractivity (Wildman–Crippen MR) is 82.9 cm³/mol. The number of halogens is 3. The first-order chi connectivity index (χ1) is 11.5. The monoisotopic (exact) mass is 376 g/mol. The lowest BCUT2D eigenvalue weighted by Crippen LogP contribution is -2.48. The minimum atomic E-state index is -4.51. The van der Waals surface area contributed by atoms with E-state index >= 15 is 0 Å². The zero-order chi connectivity index (χ0) is 18.9. The Labute approximate surface area is 145 Å². The summed E-state index contributed by atoms with van der Waals surface area (Å²) >= 11 is -2.46. The fourth-order valence-corrected chi connectivity index (χ4v) is 3.42. The van der Waals surface area contributed by atoms with Crippen LogP contribution in [0.4, 0.5) is 13.2 Å². The van der Waals surface area contributed by atoms with Crippen LogP contribution in [0.1, 0.15) is 25.0 Å². The molecule has 2 aromatic rings. The number of alkyl halides is 3. The van der Waals surface area contributed by atoms with Crippen molar-refractivity contribution in [3.8, 4) is 0 Å². The van der Waals surface area contributed by atoms with Gasteiger partial charge in [0.2, 0.25) is 0 Å². The van der Waals surface area contributed by atoms with Gasteiger partial charge in [-0.3, -0.25) is 4.21 Å². The molecule has 2 atom stereocenters. The summed E-state index contributed by atoms with van der Waals surface area (Å²) in [5.41, 5.74) is -3.69. The molecular formula is C15H17F3N3O3S-. The van der Waals surface area contributed by atoms with Gasteiger partial charge < -0.3 is 9.66 Å². The van der Waals surface area contributed by atoms with E-state index in [0.717, 1.165) is 24.3 Å². The normalized spacial score (nSPS) is 16.4. The summed E-state index contributed by atoms with van der Waals surface area (Å²) in [6.07, 6.45) is -1.93. The molecule has 2 rings (SSSR count). The summed E-state index contributed by atoms with van der Waals surface area (Å²) in [6.45, 7) is 2.89. The second-order valence-electron chi connectivity index (χ2n) is 6.36. The average Bonchev–Trinajstić information content (AvgIpc) is 2.97. The highest BCUT2D eigenvalue weighted by atomic mass is 32.2. The van der Waals surface area contributed by atoms with Crippen LogP contribution in [0.2, 0.25) is 0 Å². The van der Waals surface area contributed by atoms with E-state index in [2.05, 4.69) is 10.1 Å². The molecule has 1 N–H and O–H groups in total. The Morgan fingerprint density at radius 3 is 2.20 bits per heavy atom. The van der Waals surface area contributed by atoms with E-state index in [4.69, 9.17) is 0 Å². The van der Waals surface area contributed by atoms with Gasteiger partial charge in [-0.25, -0.2) is 9.67 Å². The highest BCUT2D eigenvalue weighted by Gasteiger charge is 2.46. The number of hydrogen-bond donors (Lipinski definition) is 1. The summed E-state index contributed by atoms with van der Waals surface area (Å²) in [5, 5.41) is 15.2. The molecular weight excluding hydrogens is 359 g/mol. The third kappa shape index (κ3) is 4.25. The van der Waals surface area contributed by atoms with E-state index in [1.54, 1.807) is 0 Å². The molecule has 0 aliphatic heterocycles. The van der Waals surface area contributed by atoms with Crippen LogP contribution in [0, 0.1) is 5.41 Å². The highest BCUT2D eigenvalue weighted by Crippen LogP contribution is 2.42. The standard InChI is InChI=1S/C15H18F3N3O3S/c1-13(2,8-25(23)24)14(22,7-21-10-19-9-20-21)11-3-5-12(6-4-11)15(16,17)18/h3-6,9-10,22H,7-8H2,1-2H3,(H,23,24)/p-1. The number of nitrogens with zero attached hydrogens (tertiary/aromatic N) is 3. The molecule has 0 saturated heterocycles. The fourth-order valence-electron chi connectivity index (χ4n) is 2.59. The zero-order valence-electron chi connectivity index (χ0n) is 13.5. The number of aliphatic hydroxyl groups is 1. The number of hydrogen-bond acceptors (Lipinski definition) is 5. The van der Waals surface area contributed by atoms with Crippen LogP contribution in [0.3, 0.4) is 0 Å². The number of rotatable bonds is 6. The van der Waals surface area contributed by atoms with Crippen molar-refractivity contribution in [3.05, 3.63) is 48.0 Å². The van der Waals surface area contributed by atoms with Gasteiger partial charge in [0, 0.05) is 11.2 Å². The van der Waals surface area contributed by atoms with Crippen molar-refractivity contribution < 1.29 is 27.0 Å². The van der Waals surface area contributed by atoms with Crippen LogP contribution < -0.4 is 0 Å². The lowest BCUT2D eigenvalue weighted by molar-refractivity contribution is -0.137. The topological polar surface area (TPSA) is 91.1 Å². The van der Waals surface area contributed by atoms with Crippen molar-refractivity contribution in [1.82, 2.24) is 14.8 Å². The minimum Gasteiger partial charge on any atom is -0.772 e. The smallest absolute Gasteiger partial charge is 0.416 e. The van der Waals surface area contributed by atoms with E-state index < -0.39 is 33.8 Å². The molecule has 0 saturated carbocycles. The van der Waals surface area contributed by atoms with Gasteiger partial charge in [0.05, 0.1) is 12.1 Å². The summed E-state index contributed by atoms with van der Waals surface area (Å²) in [7, 11) is 0. The second-order valence-corrected chi connectivity index (χ2v) is 7.26. The van der Waals surface area contributed by atoms with Gasteiger partial charge in [0.1, 0.15) is 18.3 Å². The van der Waals surface area contributed by atoms with Gasteiger partial charge in [-0.2, -0.15) is 18.3 Å². The quantitative estimate of drug-likeness (QED) is 0.780. The Kier molecular flexibility index (Phi) is 5.35. The lowest BCUT2D eigenvalue weighted by Gasteiger charge is -2.43. The molecule has 0 fully saturated rings.